The van der Waals surface area contributed by atoms with Gasteiger partial charge >= 0.3 is 0 Å². The third kappa shape index (κ3) is 3.40. The third-order valence-corrected chi connectivity index (χ3v) is 4.22. The van der Waals surface area contributed by atoms with Crippen LogP contribution in [0.15, 0.2) is 23.8 Å². The van der Waals surface area contributed by atoms with Gasteiger partial charge in [-0.25, -0.2) is 4.98 Å². The average molecular weight is 271 g/mol. The summed E-state index contributed by atoms with van der Waals surface area (Å²) in [5, 5.41) is 3.60. The van der Waals surface area contributed by atoms with Crippen LogP contribution in [0.2, 0.25) is 0 Å². The van der Waals surface area contributed by atoms with Crippen molar-refractivity contribution in [1.82, 2.24) is 10.3 Å². The van der Waals surface area contributed by atoms with E-state index in [1.807, 2.05) is 0 Å². The van der Waals surface area contributed by atoms with Gasteiger partial charge in [0.25, 0.3) is 0 Å². The third-order valence-electron chi connectivity index (χ3n) is 4.22. The molecule has 2 heterocycles. The number of pyridine rings is 1. The molecule has 2 aliphatic rings. The van der Waals surface area contributed by atoms with Crippen molar-refractivity contribution in [3.05, 3.63) is 35.0 Å². The van der Waals surface area contributed by atoms with Crippen molar-refractivity contribution in [3.8, 4) is 0 Å². The van der Waals surface area contributed by atoms with Crippen molar-refractivity contribution in [2.45, 2.75) is 52.1 Å². The highest BCUT2D eigenvalue weighted by atomic mass is 15.2. The zero-order valence-electron chi connectivity index (χ0n) is 12.7. The molecule has 1 aromatic heterocycles. The highest BCUT2D eigenvalue weighted by Gasteiger charge is 2.20. The molecule has 0 unspecified atom stereocenters. The first-order chi connectivity index (χ1) is 9.74. The minimum Gasteiger partial charge on any atom is -0.353 e. The van der Waals surface area contributed by atoms with E-state index < -0.39 is 0 Å². The van der Waals surface area contributed by atoms with E-state index in [0.29, 0.717) is 0 Å². The summed E-state index contributed by atoms with van der Waals surface area (Å²) in [6, 6.07) is 5.28. The summed E-state index contributed by atoms with van der Waals surface area (Å²) in [4.78, 5) is 7.21. The highest BCUT2D eigenvalue weighted by molar-refractivity contribution is 5.45. The molecular weight excluding hydrogens is 246 g/mol. The van der Waals surface area contributed by atoms with E-state index in [2.05, 4.69) is 42.3 Å². The number of aromatic nitrogens is 1. The molecule has 0 atom stereocenters. The molecule has 3 heteroatoms. The molecule has 3 rings (SSSR count). The number of rotatable bonds is 5. The van der Waals surface area contributed by atoms with Gasteiger partial charge in [0.05, 0.1) is 0 Å². The van der Waals surface area contributed by atoms with Gasteiger partial charge in [0.1, 0.15) is 5.82 Å². The monoisotopic (exact) mass is 271 g/mol. The number of nitrogens with zero attached hydrogens (tertiary/aromatic N) is 2. The standard InChI is InChI=1S/C17H25N3/c1-3-15-10-14(12-18-16-4-5-16)11-17(19-15)20-8-6-13(2)7-9-20/h6,10-11,16,18H,3-5,7-9,12H2,1-2H3. The molecule has 1 fully saturated rings. The fourth-order valence-electron chi connectivity index (χ4n) is 2.61. The van der Waals surface area contributed by atoms with Crippen LogP contribution in [0.5, 0.6) is 0 Å². The van der Waals surface area contributed by atoms with Gasteiger partial charge in [-0.3, -0.25) is 0 Å². The summed E-state index contributed by atoms with van der Waals surface area (Å²) in [6.45, 7) is 7.48. The van der Waals surface area contributed by atoms with Crippen LogP contribution < -0.4 is 10.2 Å². The maximum absolute atomic E-state index is 4.81. The van der Waals surface area contributed by atoms with E-state index in [1.54, 1.807) is 0 Å². The van der Waals surface area contributed by atoms with Crippen molar-refractivity contribution in [1.29, 1.82) is 0 Å². The van der Waals surface area contributed by atoms with Crippen LogP contribution in [-0.4, -0.2) is 24.1 Å². The number of hydrogen-bond acceptors (Lipinski definition) is 3. The number of aryl methyl sites for hydroxylation is 1. The first-order valence-electron chi connectivity index (χ1n) is 7.88. The van der Waals surface area contributed by atoms with Crippen molar-refractivity contribution in [2.24, 2.45) is 0 Å². The minimum absolute atomic E-state index is 0.761. The smallest absolute Gasteiger partial charge is 0.129 e. The normalized spacial score (nSPS) is 19.1. The van der Waals surface area contributed by atoms with Gasteiger partial charge < -0.3 is 10.2 Å². The van der Waals surface area contributed by atoms with Crippen LogP contribution in [0.25, 0.3) is 0 Å². The Labute approximate surface area is 122 Å². The Hall–Kier alpha value is -1.35. The Morgan fingerprint density at radius 1 is 1.35 bits per heavy atom. The molecule has 108 valence electrons. The Morgan fingerprint density at radius 2 is 2.20 bits per heavy atom. The Kier molecular flexibility index (Phi) is 4.06. The first kappa shape index (κ1) is 13.6. The lowest BCUT2D eigenvalue weighted by Gasteiger charge is -2.27. The second-order valence-electron chi connectivity index (χ2n) is 6.08. The lowest BCUT2D eigenvalue weighted by atomic mass is 10.1. The molecule has 1 aromatic rings. The Balaban J connectivity index is 1.76. The number of nitrogens with one attached hydrogen (secondary N) is 1. The predicted molar refractivity (Wildman–Crippen MR) is 84.1 cm³/mol. The van der Waals surface area contributed by atoms with Crippen LogP contribution in [-0.2, 0) is 13.0 Å². The molecule has 3 nitrogen and oxygen atoms in total. The van der Waals surface area contributed by atoms with Crippen LogP contribution in [0.4, 0.5) is 5.82 Å². The zero-order valence-corrected chi connectivity index (χ0v) is 12.7. The van der Waals surface area contributed by atoms with Crippen LogP contribution in [0.3, 0.4) is 0 Å². The van der Waals surface area contributed by atoms with E-state index in [-0.39, 0.29) is 0 Å². The SMILES string of the molecule is CCc1cc(CNC2CC2)cc(N2CC=C(C)CC2)n1. The molecule has 1 aliphatic carbocycles. The summed E-state index contributed by atoms with van der Waals surface area (Å²) in [5.41, 5.74) is 4.09. The summed E-state index contributed by atoms with van der Waals surface area (Å²) in [6.07, 6.45) is 7.18. The summed E-state index contributed by atoms with van der Waals surface area (Å²) in [5.74, 6) is 1.15. The molecule has 0 aromatic carbocycles. The molecule has 0 bridgehead atoms. The quantitative estimate of drug-likeness (QED) is 0.834. The number of anilines is 1. The maximum atomic E-state index is 4.81. The lowest BCUT2D eigenvalue weighted by Crippen LogP contribution is -2.29. The molecule has 0 amide bonds. The molecule has 20 heavy (non-hydrogen) atoms. The maximum Gasteiger partial charge on any atom is 0.129 e. The predicted octanol–water partition coefficient (Wildman–Crippen LogP) is 3.05. The molecule has 1 aliphatic heterocycles. The van der Waals surface area contributed by atoms with Crippen molar-refractivity contribution in [3.63, 3.8) is 0 Å². The lowest BCUT2D eigenvalue weighted by molar-refractivity contribution is 0.684. The van der Waals surface area contributed by atoms with Crippen molar-refractivity contribution < 1.29 is 0 Å². The van der Waals surface area contributed by atoms with Gasteiger partial charge in [-0.2, -0.15) is 0 Å². The second-order valence-corrected chi connectivity index (χ2v) is 6.08. The fourth-order valence-corrected chi connectivity index (χ4v) is 2.61. The van der Waals surface area contributed by atoms with Crippen molar-refractivity contribution in [2.75, 3.05) is 18.0 Å². The van der Waals surface area contributed by atoms with E-state index >= 15 is 0 Å². The molecule has 1 N–H and O–H groups in total. The summed E-state index contributed by atoms with van der Waals surface area (Å²) >= 11 is 0. The zero-order chi connectivity index (χ0) is 13.9. The van der Waals surface area contributed by atoms with Gasteiger partial charge in [-0.15, -0.1) is 0 Å². The van der Waals surface area contributed by atoms with E-state index in [1.165, 1.54) is 29.7 Å². The van der Waals surface area contributed by atoms with Gasteiger partial charge in [0.2, 0.25) is 0 Å². The highest BCUT2D eigenvalue weighted by Crippen LogP contribution is 2.22. The van der Waals surface area contributed by atoms with E-state index in [9.17, 15) is 0 Å². The van der Waals surface area contributed by atoms with Gasteiger partial charge in [-0.1, -0.05) is 18.6 Å². The Bertz CT molecular complexity index is 503. The Morgan fingerprint density at radius 3 is 2.85 bits per heavy atom. The van der Waals surface area contributed by atoms with Crippen LogP contribution in [0, 0.1) is 0 Å². The molecular formula is C17H25N3. The largest absolute Gasteiger partial charge is 0.353 e. The average Bonchev–Trinajstić information content (AvgIpc) is 3.30. The second kappa shape index (κ2) is 5.96. The van der Waals surface area contributed by atoms with Crippen LogP contribution in [0.1, 0.15) is 44.4 Å². The number of hydrogen-bond donors (Lipinski definition) is 1. The minimum atomic E-state index is 0.761. The van der Waals surface area contributed by atoms with Crippen LogP contribution >= 0.6 is 0 Å². The summed E-state index contributed by atoms with van der Waals surface area (Å²) in [7, 11) is 0. The summed E-state index contributed by atoms with van der Waals surface area (Å²) < 4.78 is 0. The molecule has 0 saturated heterocycles. The van der Waals surface area contributed by atoms with Crippen molar-refractivity contribution >= 4 is 5.82 Å². The van der Waals surface area contributed by atoms with E-state index in [0.717, 1.165) is 44.3 Å². The molecule has 1 saturated carbocycles. The molecule has 0 spiro atoms. The van der Waals surface area contributed by atoms with Gasteiger partial charge in [-0.05, 0) is 50.3 Å². The van der Waals surface area contributed by atoms with Gasteiger partial charge in [0.15, 0.2) is 0 Å². The first-order valence-corrected chi connectivity index (χ1v) is 7.88. The molecule has 0 radical (unpaired) electrons. The van der Waals surface area contributed by atoms with Gasteiger partial charge in [0, 0.05) is 31.4 Å². The topological polar surface area (TPSA) is 28.2 Å². The fraction of sp³-hybridized carbons (Fsp3) is 0.588. The van der Waals surface area contributed by atoms with E-state index in [4.69, 9.17) is 4.98 Å².